The maximum Gasteiger partial charge on any atom is 0.232 e. The Kier molecular flexibility index (Phi) is 5.89. The fraction of sp³-hybridized carbons (Fsp3) is 0.478. The van der Waals surface area contributed by atoms with Crippen molar-refractivity contribution in [1.29, 1.82) is 0 Å². The zero-order valence-corrected chi connectivity index (χ0v) is 19.8. The molecule has 2 heterocycles. The molecule has 9 heteroatoms. The summed E-state index contributed by atoms with van der Waals surface area (Å²) >= 11 is 0. The van der Waals surface area contributed by atoms with E-state index in [1.807, 2.05) is 48.9 Å². The first-order valence-electron chi connectivity index (χ1n) is 10.9. The average molecular weight is 458 g/mol. The molecule has 1 aliphatic rings. The number of hydrogen-bond acceptors (Lipinski definition) is 6. The zero-order chi connectivity index (χ0) is 23.1. The van der Waals surface area contributed by atoms with E-state index in [4.69, 9.17) is 4.98 Å². The Morgan fingerprint density at radius 2 is 1.88 bits per heavy atom. The van der Waals surface area contributed by atoms with Crippen molar-refractivity contribution in [1.82, 2.24) is 14.5 Å². The van der Waals surface area contributed by atoms with E-state index >= 15 is 0 Å². The van der Waals surface area contributed by atoms with Gasteiger partial charge in [0.05, 0.1) is 23.1 Å². The van der Waals surface area contributed by atoms with Gasteiger partial charge in [-0.05, 0) is 69.7 Å². The first-order chi connectivity index (χ1) is 15.0. The van der Waals surface area contributed by atoms with Crippen LogP contribution in [0.4, 0.5) is 11.6 Å². The van der Waals surface area contributed by atoms with E-state index in [0.717, 1.165) is 36.6 Å². The summed E-state index contributed by atoms with van der Waals surface area (Å²) < 4.78 is 27.3. The smallest absolute Gasteiger partial charge is 0.232 e. The number of rotatable bonds is 6. The monoisotopic (exact) mass is 457 g/mol. The van der Waals surface area contributed by atoms with Crippen LogP contribution in [-0.4, -0.2) is 53.0 Å². The lowest BCUT2D eigenvalue weighted by atomic mass is 9.77. The summed E-state index contributed by atoms with van der Waals surface area (Å²) in [6.45, 7) is 3.77. The highest BCUT2D eigenvalue weighted by Gasteiger charge is 2.31. The topological polar surface area (TPSA) is 100 Å². The van der Waals surface area contributed by atoms with Crippen molar-refractivity contribution in [2.45, 2.75) is 51.2 Å². The molecule has 172 valence electrons. The molecule has 1 aromatic carbocycles. The summed E-state index contributed by atoms with van der Waals surface area (Å²) in [5.41, 5.74) is 0.856. The van der Waals surface area contributed by atoms with Gasteiger partial charge in [0.1, 0.15) is 5.82 Å². The molecule has 0 atom stereocenters. The molecule has 1 aliphatic carbocycles. The first kappa shape index (κ1) is 22.5. The Morgan fingerprint density at radius 1 is 1.16 bits per heavy atom. The van der Waals surface area contributed by atoms with Crippen LogP contribution in [0.5, 0.6) is 0 Å². The standard InChI is InChI=1S/C23H31N5O3S/c1-23(2,29)16-8-10-17(11-9-16)25-22-24-14-12-21(26-22)28-15-13-18-19(6-5-7-20(18)28)27(3)32(4,30)31/h5-7,12-17,29H,8-11H2,1-4H3,(H,24,25,26)/t16-,17-. The Labute approximate surface area is 189 Å². The first-order valence-corrected chi connectivity index (χ1v) is 12.7. The summed E-state index contributed by atoms with van der Waals surface area (Å²) in [5, 5.41) is 14.5. The van der Waals surface area contributed by atoms with E-state index in [1.165, 1.54) is 10.6 Å². The highest BCUT2D eigenvalue weighted by Crippen LogP contribution is 2.34. The molecule has 2 N–H and O–H groups in total. The summed E-state index contributed by atoms with van der Waals surface area (Å²) in [6, 6.07) is 9.60. The third-order valence-corrected chi connectivity index (χ3v) is 7.69. The van der Waals surface area contributed by atoms with Gasteiger partial charge in [0, 0.05) is 30.9 Å². The minimum Gasteiger partial charge on any atom is -0.390 e. The van der Waals surface area contributed by atoms with Gasteiger partial charge in [-0.3, -0.25) is 4.31 Å². The van der Waals surface area contributed by atoms with Crippen molar-refractivity contribution in [2.75, 3.05) is 22.9 Å². The molecule has 0 radical (unpaired) electrons. The van der Waals surface area contributed by atoms with Crippen LogP contribution >= 0.6 is 0 Å². The minimum atomic E-state index is -3.37. The lowest BCUT2D eigenvalue weighted by Crippen LogP contribution is -2.37. The van der Waals surface area contributed by atoms with Crippen LogP contribution in [-0.2, 0) is 10.0 Å². The molecule has 0 saturated heterocycles. The van der Waals surface area contributed by atoms with E-state index in [-0.39, 0.29) is 6.04 Å². The van der Waals surface area contributed by atoms with Crippen LogP contribution in [0.1, 0.15) is 39.5 Å². The van der Waals surface area contributed by atoms with Crippen molar-refractivity contribution in [3.8, 4) is 5.82 Å². The van der Waals surface area contributed by atoms with Gasteiger partial charge in [0.15, 0.2) is 0 Å². The summed E-state index contributed by atoms with van der Waals surface area (Å²) in [6.07, 6.45) is 8.70. The molecule has 0 aliphatic heterocycles. The van der Waals surface area contributed by atoms with Crippen LogP contribution in [0.3, 0.4) is 0 Å². The average Bonchev–Trinajstić information content (AvgIpc) is 3.17. The molecule has 4 rings (SSSR count). The van der Waals surface area contributed by atoms with Crippen molar-refractivity contribution < 1.29 is 13.5 Å². The fourth-order valence-electron chi connectivity index (χ4n) is 4.48. The van der Waals surface area contributed by atoms with Crippen LogP contribution in [0.25, 0.3) is 16.7 Å². The SMILES string of the molecule is CN(c1cccc2c1ccn2-c1ccnc(N[C@H]2CC[C@H](C(C)(C)O)CC2)n1)S(C)(=O)=O. The molecule has 1 saturated carbocycles. The van der Waals surface area contributed by atoms with Crippen molar-refractivity contribution in [2.24, 2.45) is 5.92 Å². The molecular formula is C23H31N5O3S. The van der Waals surface area contributed by atoms with Crippen LogP contribution in [0.2, 0.25) is 0 Å². The number of hydrogen-bond donors (Lipinski definition) is 2. The van der Waals surface area contributed by atoms with Crippen LogP contribution in [0.15, 0.2) is 42.7 Å². The normalized spacial score (nSPS) is 19.8. The summed E-state index contributed by atoms with van der Waals surface area (Å²) in [5.74, 6) is 1.60. The van der Waals surface area contributed by atoms with E-state index in [1.54, 1.807) is 19.3 Å². The minimum absolute atomic E-state index is 0.278. The van der Waals surface area contributed by atoms with Gasteiger partial charge in [0.25, 0.3) is 0 Å². The van der Waals surface area contributed by atoms with Gasteiger partial charge in [-0.15, -0.1) is 0 Å². The Bertz CT molecular complexity index is 1210. The molecule has 3 aromatic rings. The second-order valence-electron chi connectivity index (χ2n) is 9.21. The third-order valence-electron chi connectivity index (χ3n) is 6.49. The van der Waals surface area contributed by atoms with Gasteiger partial charge in [-0.1, -0.05) is 6.07 Å². The number of nitrogens with zero attached hydrogens (tertiary/aromatic N) is 4. The second-order valence-corrected chi connectivity index (χ2v) is 11.2. The summed E-state index contributed by atoms with van der Waals surface area (Å²) in [4.78, 5) is 9.11. The number of benzene rings is 1. The van der Waals surface area contributed by atoms with E-state index in [9.17, 15) is 13.5 Å². The van der Waals surface area contributed by atoms with Gasteiger partial charge in [0.2, 0.25) is 16.0 Å². The molecule has 0 amide bonds. The maximum atomic E-state index is 12.0. The fourth-order valence-corrected chi connectivity index (χ4v) is 5.00. The molecule has 0 bridgehead atoms. The highest BCUT2D eigenvalue weighted by atomic mass is 32.2. The lowest BCUT2D eigenvalue weighted by Gasteiger charge is -2.36. The molecule has 1 fully saturated rings. The van der Waals surface area contributed by atoms with Gasteiger partial charge < -0.3 is 15.0 Å². The van der Waals surface area contributed by atoms with Crippen molar-refractivity contribution in [3.63, 3.8) is 0 Å². The Morgan fingerprint density at radius 3 is 2.53 bits per heavy atom. The van der Waals surface area contributed by atoms with Crippen molar-refractivity contribution >= 4 is 32.6 Å². The van der Waals surface area contributed by atoms with E-state index in [0.29, 0.717) is 23.4 Å². The maximum absolute atomic E-state index is 12.0. The Hall–Kier alpha value is -2.65. The van der Waals surface area contributed by atoms with Crippen molar-refractivity contribution in [3.05, 3.63) is 42.7 Å². The Balaban J connectivity index is 1.57. The molecular weight excluding hydrogens is 426 g/mol. The lowest BCUT2D eigenvalue weighted by molar-refractivity contribution is -0.000415. The molecule has 0 unspecified atom stereocenters. The van der Waals surface area contributed by atoms with E-state index in [2.05, 4.69) is 10.3 Å². The van der Waals surface area contributed by atoms with Gasteiger partial charge in [-0.25, -0.2) is 13.4 Å². The molecule has 32 heavy (non-hydrogen) atoms. The van der Waals surface area contributed by atoms with Crippen LogP contribution in [0, 0.1) is 5.92 Å². The molecule has 8 nitrogen and oxygen atoms in total. The highest BCUT2D eigenvalue weighted by molar-refractivity contribution is 7.92. The number of aliphatic hydroxyl groups is 1. The predicted molar refractivity (Wildman–Crippen MR) is 128 cm³/mol. The van der Waals surface area contributed by atoms with Gasteiger partial charge >= 0.3 is 0 Å². The zero-order valence-electron chi connectivity index (χ0n) is 19.0. The number of nitrogens with one attached hydrogen (secondary N) is 1. The molecule has 0 spiro atoms. The molecule has 2 aromatic heterocycles. The van der Waals surface area contributed by atoms with E-state index < -0.39 is 15.6 Å². The quantitative estimate of drug-likeness (QED) is 0.587. The third kappa shape index (κ3) is 4.59. The number of sulfonamides is 1. The predicted octanol–water partition coefficient (Wildman–Crippen LogP) is 3.56. The van der Waals surface area contributed by atoms with Crippen LogP contribution < -0.4 is 9.62 Å². The number of anilines is 2. The second kappa shape index (κ2) is 8.37. The number of fused-ring (bicyclic) bond motifs is 1. The van der Waals surface area contributed by atoms with Gasteiger partial charge in [-0.2, -0.15) is 4.98 Å². The number of aromatic nitrogens is 3. The largest absolute Gasteiger partial charge is 0.390 e. The summed E-state index contributed by atoms with van der Waals surface area (Å²) in [7, 11) is -1.81.